The van der Waals surface area contributed by atoms with Crippen molar-refractivity contribution in [2.45, 2.75) is 6.42 Å². The van der Waals surface area contributed by atoms with E-state index in [0.29, 0.717) is 6.42 Å². The van der Waals surface area contributed by atoms with Crippen LogP contribution in [0.5, 0.6) is 5.75 Å². The molecular weight excluding hydrogens is 218 g/mol. The summed E-state index contributed by atoms with van der Waals surface area (Å²) in [5, 5.41) is 18.6. The molecule has 1 heterocycles. The number of aromatic carboxylic acids is 1. The van der Waals surface area contributed by atoms with Crippen LogP contribution >= 0.6 is 0 Å². The van der Waals surface area contributed by atoms with Crippen LogP contribution in [0, 0.1) is 0 Å². The topological polar surface area (TPSA) is 62.5 Å². The minimum absolute atomic E-state index is 0.227. The van der Waals surface area contributed by atoms with Crippen LogP contribution in [0.4, 0.5) is 0 Å². The molecule has 0 fully saturated rings. The molecule has 2 aromatic rings. The van der Waals surface area contributed by atoms with Gasteiger partial charge in [-0.25, -0.2) is 4.79 Å². The molecule has 0 atom stereocenters. The van der Waals surface area contributed by atoms with E-state index in [1.165, 1.54) is 0 Å². The molecule has 0 radical (unpaired) electrons. The maximum atomic E-state index is 10.9. The largest absolute Gasteiger partial charge is 0.508 e. The van der Waals surface area contributed by atoms with Gasteiger partial charge in [-0.3, -0.25) is 0 Å². The zero-order valence-corrected chi connectivity index (χ0v) is 9.42. The average Bonchev–Trinajstić information content (AvgIpc) is 2.64. The predicted molar refractivity (Wildman–Crippen MR) is 63.3 cm³/mol. The highest BCUT2D eigenvalue weighted by molar-refractivity contribution is 5.86. The molecule has 0 unspecified atom stereocenters. The van der Waals surface area contributed by atoms with Crippen molar-refractivity contribution < 1.29 is 15.0 Å². The van der Waals surface area contributed by atoms with Gasteiger partial charge in [0.1, 0.15) is 11.4 Å². The van der Waals surface area contributed by atoms with Crippen LogP contribution in [0.3, 0.4) is 0 Å². The van der Waals surface area contributed by atoms with E-state index < -0.39 is 5.97 Å². The number of benzene rings is 1. The second-order valence-corrected chi connectivity index (χ2v) is 3.88. The number of carbonyl (C=O) groups is 1. The van der Waals surface area contributed by atoms with Gasteiger partial charge in [-0.15, -0.1) is 0 Å². The van der Waals surface area contributed by atoms with E-state index >= 15 is 0 Å². The fraction of sp³-hybridized carbons (Fsp3) is 0.154. The Bertz CT molecular complexity index is 558. The Morgan fingerprint density at radius 3 is 2.53 bits per heavy atom. The van der Waals surface area contributed by atoms with Crippen LogP contribution < -0.4 is 0 Å². The van der Waals surface area contributed by atoms with Gasteiger partial charge >= 0.3 is 5.97 Å². The lowest BCUT2D eigenvalue weighted by Crippen LogP contribution is -2.07. The molecule has 0 bridgehead atoms. The van der Waals surface area contributed by atoms with Crippen molar-refractivity contribution in [3.63, 3.8) is 0 Å². The first-order valence-corrected chi connectivity index (χ1v) is 5.24. The molecule has 88 valence electrons. The van der Waals surface area contributed by atoms with Gasteiger partial charge in [0, 0.05) is 19.2 Å². The minimum Gasteiger partial charge on any atom is -0.508 e. The summed E-state index contributed by atoms with van der Waals surface area (Å²) in [6.45, 7) is 0. The number of aromatic nitrogens is 1. The molecule has 0 amide bonds. The lowest BCUT2D eigenvalue weighted by molar-refractivity contribution is 0.0686. The van der Waals surface area contributed by atoms with Crippen LogP contribution in [0.25, 0.3) is 0 Å². The van der Waals surface area contributed by atoms with E-state index in [1.807, 2.05) is 12.1 Å². The van der Waals surface area contributed by atoms with Gasteiger partial charge in [-0.1, -0.05) is 18.2 Å². The standard InChI is InChI=1S/C13H13NO3/c1-14-10(6-7-11(14)13(16)17)8-9-4-2-3-5-12(9)15/h2-7,15H,8H2,1H3,(H,16,17). The van der Waals surface area contributed by atoms with Gasteiger partial charge in [0.2, 0.25) is 0 Å². The highest BCUT2D eigenvalue weighted by atomic mass is 16.4. The lowest BCUT2D eigenvalue weighted by atomic mass is 10.1. The zero-order valence-electron chi connectivity index (χ0n) is 9.42. The quantitative estimate of drug-likeness (QED) is 0.849. The highest BCUT2D eigenvalue weighted by Crippen LogP contribution is 2.20. The zero-order chi connectivity index (χ0) is 12.4. The Kier molecular flexibility index (Phi) is 2.87. The number of carboxylic acid groups (broad SMARTS) is 1. The third kappa shape index (κ3) is 2.15. The molecular formula is C13H13NO3. The van der Waals surface area contributed by atoms with Crippen LogP contribution in [0.1, 0.15) is 21.7 Å². The SMILES string of the molecule is Cn1c(Cc2ccccc2O)ccc1C(=O)O. The summed E-state index contributed by atoms with van der Waals surface area (Å²) in [4.78, 5) is 10.9. The maximum Gasteiger partial charge on any atom is 0.352 e. The third-order valence-electron chi connectivity index (χ3n) is 2.81. The first-order chi connectivity index (χ1) is 8.09. The molecule has 1 aromatic heterocycles. The van der Waals surface area contributed by atoms with Crippen molar-refractivity contribution in [3.05, 3.63) is 53.3 Å². The first-order valence-electron chi connectivity index (χ1n) is 5.24. The van der Waals surface area contributed by atoms with Gasteiger partial charge < -0.3 is 14.8 Å². The Morgan fingerprint density at radius 2 is 1.94 bits per heavy atom. The molecule has 0 saturated heterocycles. The first kappa shape index (κ1) is 11.3. The molecule has 0 aliphatic heterocycles. The fourth-order valence-corrected chi connectivity index (χ4v) is 1.80. The number of hydrogen-bond donors (Lipinski definition) is 2. The summed E-state index contributed by atoms with van der Waals surface area (Å²) >= 11 is 0. The number of phenolic OH excluding ortho intramolecular Hbond substituents is 1. The number of phenols is 1. The molecule has 0 spiro atoms. The summed E-state index contributed by atoms with van der Waals surface area (Å²) in [5.41, 5.74) is 1.88. The Hall–Kier alpha value is -2.23. The second kappa shape index (κ2) is 4.33. The summed E-state index contributed by atoms with van der Waals surface area (Å²) in [5.74, 6) is -0.721. The van der Waals surface area contributed by atoms with Crippen LogP contribution in [0.15, 0.2) is 36.4 Å². The number of carboxylic acids is 1. The average molecular weight is 231 g/mol. The van der Waals surface area contributed by atoms with E-state index in [2.05, 4.69) is 0 Å². The van der Waals surface area contributed by atoms with Gasteiger partial charge in [0.15, 0.2) is 0 Å². The number of aromatic hydroxyl groups is 1. The molecule has 0 aliphatic carbocycles. The molecule has 0 aliphatic rings. The maximum absolute atomic E-state index is 10.9. The monoisotopic (exact) mass is 231 g/mol. The third-order valence-corrected chi connectivity index (χ3v) is 2.81. The number of hydrogen-bond acceptors (Lipinski definition) is 2. The van der Waals surface area contributed by atoms with Crippen molar-refractivity contribution in [3.8, 4) is 5.75 Å². The normalized spacial score (nSPS) is 10.4. The molecule has 4 nitrogen and oxygen atoms in total. The Balaban J connectivity index is 2.31. The highest BCUT2D eigenvalue weighted by Gasteiger charge is 2.12. The number of nitrogens with zero attached hydrogens (tertiary/aromatic N) is 1. The van der Waals surface area contributed by atoms with Crippen molar-refractivity contribution in [1.82, 2.24) is 4.57 Å². The van der Waals surface area contributed by atoms with E-state index in [1.54, 1.807) is 35.9 Å². The smallest absolute Gasteiger partial charge is 0.352 e. The Morgan fingerprint density at radius 1 is 1.24 bits per heavy atom. The summed E-state index contributed by atoms with van der Waals surface area (Å²) in [6, 6.07) is 10.4. The van der Waals surface area contributed by atoms with Gasteiger partial charge in [0.05, 0.1) is 0 Å². The molecule has 17 heavy (non-hydrogen) atoms. The second-order valence-electron chi connectivity index (χ2n) is 3.88. The predicted octanol–water partition coefficient (Wildman–Crippen LogP) is 2.02. The van der Waals surface area contributed by atoms with Gasteiger partial charge in [0.25, 0.3) is 0 Å². The summed E-state index contributed by atoms with van der Waals surface area (Å²) in [6.07, 6.45) is 0.510. The van der Waals surface area contributed by atoms with E-state index in [4.69, 9.17) is 5.11 Å². The molecule has 0 saturated carbocycles. The van der Waals surface area contributed by atoms with Gasteiger partial charge in [-0.05, 0) is 23.8 Å². The lowest BCUT2D eigenvalue weighted by Gasteiger charge is -2.07. The summed E-state index contributed by atoms with van der Waals surface area (Å²) < 4.78 is 1.62. The minimum atomic E-state index is -0.948. The molecule has 1 aromatic carbocycles. The number of rotatable bonds is 3. The van der Waals surface area contributed by atoms with E-state index in [0.717, 1.165) is 11.3 Å². The summed E-state index contributed by atoms with van der Waals surface area (Å²) in [7, 11) is 1.71. The number of para-hydroxylation sites is 1. The van der Waals surface area contributed by atoms with Crippen molar-refractivity contribution in [2.75, 3.05) is 0 Å². The molecule has 2 N–H and O–H groups in total. The Labute approximate surface area is 98.8 Å². The van der Waals surface area contributed by atoms with Crippen LogP contribution in [-0.4, -0.2) is 20.7 Å². The molecule has 2 rings (SSSR count). The fourth-order valence-electron chi connectivity index (χ4n) is 1.80. The van der Waals surface area contributed by atoms with E-state index in [9.17, 15) is 9.90 Å². The van der Waals surface area contributed by atoms with Gasteiger partial charge in [-0.2, -0.15) is 0 Å². The van der Waals surface area contributed by atoms with E-state index in [-0.39, 0.29) is 11.4 Å². The molecule has 4 heteroatoms. The van der Waals surface area contributed by atoms with Crippen LogP contribution in [-0.2, 0) is 13.5 Å². The van der Waals surface area contributed by atoms with Crippen molar-refractivity contribution >= 4 is 5.97 Å². The van der Waals surface area contributed by atoms with Crippen molar-refractivity contribution in [2.24, 2.45) is 7.05 Å². The van der Waals surface area contributed by atoms with Crippen molar-refractivity contribution in [1.29, 1.82) is 0 Å². The van der Waals surface area contributed by atoms with Crippen LogP contribution in [0.2, 0.25) is 0 Å².